The van der Waals surface area contributed by atoms with Crippen molar-refractivity contribution in [3.05, 3.63) is 62.4 Å². The highest BCUT2D eigenvalue weighted by molar-refractivity contribution is 5.95. The zero-order valence-electron chi connectivity index (χ0n) is 14.2. The summed E-state index contributed by atoms with van der Waals surface area (Å²) < 4.78 is 6.03. The summed E-state index contributed by atoms with van der Waals surface area (Å²) in [7, 11) is 0. The third-order valence-corrected chi connectivity index (χ3v) is 3.52. The number of hydrogen-bond donors (Lipinski definition) is 2. The van der Waals surface area contributed by atoms with E-state index in [1.165, 1.54) is 13.1 Å². The van der Waals surface area contributed by atoms with Gasteiger partial charge in [-0.1, -0.05) is 12.1 Å². The molecule has 2 rings (SSSR count). The zero-order chi connectivity index (χ0) is 18.6. The summed E-state index contributed by atoms with van der Waals surface area (Å²) in [5.41, 5.74) is 1.23. The number of nitrogens with zero attached hydrogens (tertiary/aromatic N) is 1. The molecule has 1 atom stereocenters. The van der Waals surface area contributed by atoms with Crippen molar-refractivity contribution < 1.29 is 14.3 Å². The topological polar surface area (TPSA) is 110 Å². The molecule has 2 aromatic rings. The van der Waals surface area contributed by atoms with Gasteiger partial charge in [0, 0.05) is 18.0 Å². The van der Waals surface area contributed by atoms with E-state index in [9.17, 15) is 19.2 Å². The minimum Gasteiger partial charge on any atom is -0.451 e. The van der Waals surface area contributed by atoms with Crippen molar-refractivity contribution in [2.75, 3.05) is 5.32 Å². The van der Waals surface area contributed by atoms with E-state index in [1.54, 1.807) is 0 Å². The first-order valence-electron chi connectivity index (χ1n) is 7.63. The second-order valence-corrected chi connectivity index (χ2v) is 5.68. The molecule has 1 aromatic heterocycles. The van der Waals surface area contributed by atoms with E-state index in [4.69, 9.17) is 4.74 Å². The Labute approximate surface area is 143 Å². The molecule has 25 heavy (non-hydrogen) atoms. The number of aromatic nitrogens is 2. The molecule has 0 aliphatic carbocycles. The number of anilines is 1. The smallest absolute Gasteiger partial charge is 0.328 e. The Bertz CT molecular complexity index is 913. The Balaban J connectivity index is 1.98. The van der Waals surface area contributed by atoms with E-state index in [-0.39, 0.29) is 0 Å². The van der Waals surface area contributed by atoms with Crippen molar-refractivity contribution in [3.63, 3.8) is 0 Å². The van der Waals surface area contributed by atoms with Crippen molar-refractivity contribution in [1.82, 2.24) is 9.55 Å². The van der Waals surface area contributed by atoms with Crippen LogP contribution in [0.5, 0.6) is 0 Å². The number of benzene rings is 1. The number of hydrogen-bond acceptors (Lipinski definition) is 5. The summed E-state index contributed by atoms with van der Waals surface area (Å²) in [4.78, 5) is 48.6. The average Bonchev–Trinajstić information content (AvgIpc) is 2.53. The molecule has 0 aliphatic rings. The molecule has 132 valence electrons. The van der Waals surface area contributed by atoms with Crippen LogP contribution in [0.1, 0.15) is 18.1 Å². The van der Waals surface area contributed by atoms with E-state index < -0.39 is 35.8 Å². The Morgan fingerprint density at radius 2 is 1.96 bits per heavy atom. The predicted molar refractivity (Wildman–Crippen MR) is 91.4 cm³/mol. The maximum absolute atomic E-state index is 12.2. The second kappa shape index (κ2) is 7.61. The number of aromatic amines is 1. The van der Waals surface area contributed by atoms with Crippen LogP contribution in [0.4, 0.5) is 5.69 Å². The molecule has 8 heteroatoms. The highest BCUT2D eigenvalue weighted by atomic mass is 16.5. The fourth-order valence-electron chi connectivity index (χ4n) is 2.10. The highest BCUT2D eigenvalue weighted by Gasteiger charge is 2.19. The molecular formula is C17H19N3O5. The fraction of sp³-hybridized carbons (Fsp3) is 0.294. The predicted octanol–water partition coefficient (Wildman–Crippen LogP) is 0.724. The maximum Gasteiger partial charge on any atom is 0.328 e. The van der Waals surface area contributed by atoms with E-state index in [0.717, 1.165) is 21.8 Å². The van der Waals surface area contributed by atoms with Gasteiger partial charge in [-0.25, -0.2) is 4.79 Å². The van der Waals surface area contributed by atoms with E-state index >= 15 is 0 Å². The van der Waals surface area contributed by atoms with E-state index in [2.05, 4.69) is 5.32 Å². The second-order valence-electron chi connectivity index (χ2n) is 5.68. The standard InChI is InChI=1S/C17H19N3O5/c1-10-4-5-11(2)13(8-10)18-16(23)12(3)25-15(22)9-20-7-6-14(21)19-17(20)24/h4-8,12H,9H2,1-3H3,(H,18,23)(H,19,21,24)/t12-/m0/s1. The summed E-state index contributed by atoms with van der Waals surface area (Å²) in [5, 5.41) is 2.71. The molecule has 0 unspecified atom stereocenters. The third-order valence-electron chi connectivity index (χ3n) is 3.52. The number of carbonyl (C=O) groups is 2. The van der Waals surface area contributed by atoms with Gasteiger partial charge in [-0.15, -0.1) is 0 Å². The van der Waals surface area contributed by atoms with E-state index in [1.807, 2.05) is 37.0 Å². The van der Waals surface area contributed by atoms with Crippen LogP contribution in [0, 0.1) is 13.8 Å². The lowest BCUT2D eigenvalue weighted by Crippen LogP contribution is -2.35. The first-order valence-corrected chi connectivity index (χ1v) is 7.63. The third kappa shape index (κ3) is 4.90. The van der Waals surface area contributed by atoms with Crippen molar-refractivity contribution in [2.45, 2.75) is 33.4 Å². The van der Waals surface area contributed by atoms with Crippen LogP contribution in [0.2, 0.25) is 0 Å². The molecule has 0 spiro atoms. The Kier molecular flexibility index (Phi) is 5.53. The van der Waals surface area contributed by atoms with Crippen LogP contribution in [-0.4, -0.2) is 27.5 Å². The quantitative estimate of drug-likeness (QED) is 0.776. The molecule has 0 saturated heterocycles. The van der Waals surface area contributed by atoms with Crippen molar-refractivity contribution >= 4 is 17.6 Å². The number of ether oxygens (including phenoxy) is 1. The first kappa shape index (κ1) is 18.2. The molecule has 1 amide bonds. The molecule has 8 nitrogen and oxygen atoms in total. The number of nitrogens with one attached hydrogen (secondary N) is 2. The summed E-state index contributed by atoms with van der Waals surface area (Å²) in [5.74, 6) is -1.24. The van der Waals surface area contributed by atoms with Gasteiger partial charge in [0.05, 0.1) is 0 Å². The summed E-state index contributed by atoms with van der Waals surface area (Å²) in [6.07, 6.45) is 0.148. The molecular weight excluding hydrogens is 326 g/mol. The average molecular weight is 345 g/mol. The Morgan fingerprint density at radius 1 is 1.24 bits per heavy atom. The largest absolute Gasteiger partial charge is 0.451 e. The monoisotopic (exact) mass is 345 g/mol. The summed E-state index contributed by atoms with van der Waals surface area (Å²) in [6.45, 7) is 4.79. The minimum atomic E-state index is -1.04. The molecule has 0 radical (unpaired) electrons. The lowest BCUT2D eigenvalue weighted by molar-refractivity contribution is -0.153. The van der Waals surface area contributed by atoms with Crippen molar-refractivity contribution in [2.24, 2.45) is 0 Å². The van der Waals surface area contributed by atoms with Gasteiger partial charge in [0.2, 0.25) is 0 Å². The summed E-state index contributed by atoms with van der Waals surface area (Å²) in [6, 6.07) is 6.74. The molecule has 0 fully saturated rings. The number of rotatable bonds is 5. The molecule has 1 aromatic carbocycles. The van der Waals surface area contributed by atoms with Crippen LogP contribution < -0.4 is 16.6 Å². The fourth-order valence-corrected chi connectivity index (χ4v) is 2.10. The lowest BCUT2D eigenvalue weighted by Gasteiger charge is -2.15. The Morgan fingerprint density at radius 3 is 2.64 bits per heavy atom. The van der Waals surface area contributed by atoms with Gasteiger partial charge in [-0.05, 0) is 38.0 Å². The van der Waals surface area contributed by atoms with Crippen LogP contribution in [-0.2, 0) is 20.9 Å². The molecule has 2 N–H and O–H groups in total. The number of amides is 1. The normalized spacial score (nSPS) is 11.6. The molecule has 0 aliphatic heterocycles. The van der Waals surface area contributed by atoms with Gasteiger partial charge in [0.25, 0.3) is 11.5 Å². The van der Waals surface area contributed by atoms with Crippen LogP contribution in [0.3, 0.4) is 0 Å². The van der Waals surface area contributed by atoms with Gasteiger partial charge < -0.3 is 10.1 Å². The van der Waals surface area contributed by atoms with Gasteiger partial charge >= 0.3 is 11.7 Å². The number of esters is 1. The molecule has 1 heterocycles. The first-order chi connectivity index (χ1) is 11.8. The lowest BCUT2D eigenvalue weighted by atomic mass is 10.1. The van der Waals surface area contributed by atoms with Gasteiger partial charge in [0.15, 0.2) is 6.10 Å². The SMILES string of the molecule is Cc1ccc(C)c(NC(=O)[C@H](C)OC(=O)Cn2ccc(=O)[nH]c2=O)c1. The zero-order valence-corrected chi connectivity index (χ0v) is 14.2. The van der Waals surface area contributed by atoms with Crippen LogP contribution in [0.15, 0.2) is 40.1 Å². The minimum absolute atomic E-state index is 0.406. The molecule has 0 bridgehead atoms. The van der Waals surface area contributed by atoms with Gasteiger partial charge in [-0.3, -0.25) is 23.9 Å². The highest BCUT2D eigenvalue weighted by Crippen LogP contribution is 2.16. The maximum atomic E-state index is 12.2. The van der Waals surface area contributed by atoms with Crippen molar-refractivity contribution in [3.8, 4) is 0 Å². The van der Waals surface area contributed by atoms with Gasteiger partial charge in [-0.2, -0.15) is 0 Å². The number of carbonyl (C=O) groups excluding carboxylic acids is 2. The Hall–Kier alpha value is -3.16. The van der Waals surface area contributed by atoms with Gasteiger partial charge in [0.1, 0.15) is 6.54 Å². The molecule has 0 saturated carbocycles. The van der Waals surface area contributed by atoms with Crippen molar-refractivity contribution in [1.29, 1.82) is 0 Å². The number of H-pyrrole nitrogens is 1. The number of aryl methyl sites for hydroxylation is 2. The van der Waals surface area contributed by atoms with Crippen LogP contribution in [0.25, 0.3) is 0 Å². The van der Waals surface area contributed by atoms with E-state index in [0.29, 0.717) is 5.69 Å². The van der Waals surface area contributed by atoms with Crippen LogP contribution >= 0.6 is 0 Å². The summed E-state index contributed by atoms with van der Waals surface area (Å²) >= 11 is 0.